The minimum Gasteiger partial charge on any atom is -0.507 e. The SMILES string of the molecule is C=CCc1cccc([C@H]2C3=CC[C@@H]4C(=O)N(c5cc(C(F)(F)F)cc(C(F)(F)F)c5)C(=O)[C@@H]4[C@@H]3C[C@@]3(Cl)C(=O)N(CBr)C(=O)[C@@]23Cl)c1O. The summed E-state index contributed by atoms with van der Waals surface area (Å²) >= 11 is 17.4. The van der Waals surface area contributed by atoms with Crippen molar-refractivity contribution in [2.75, 3.05) is 10.4 Å². The Labute approximate surface area is 287 Å². The lowest BCUT2D eigenvalue weighted by Crippen LogP contribution is -2.60. The maximum atomic E-state index is 14.1. The quantitative estimate of drug-likeness (QED) is 0.115. The third kappa shape index (κ3) is 4.76. The van der Waals surface area contributed by atoms with Crippen molar-refractivity contribution < 1.29 is 50.6 Å². The van der Waals surface area contributed by atoms with Crippen LogP contribution in [0.3, 0.4) is 0 Å². The summed E-state index contributed by atoms with van der Waals surface area (Å²) in [6.07, 6.45) is -7.94. The molecule has 3 fully saturated rings. The monoisotopic (exact) mass is 778 g/mol. The van der Waals surface area contributed by atoms with E-state index in [1.54, 1.807) is 12.1 Å². The molecule has 0 radical (unpaired) electrons. The number of anilines is 1. The maximum absolute atomic E-state index is 14.1. The Hall–Kier alpha value is -3.36. The first-order chi connectivity index (χ1) is 22.3. The van der Waals surface area contributed by atoms with Gasteiger partial charge in [-0.2, -0.15) is 26.3 Å². The fourth-order valence-electron chi connectivity index (χ4n) is 7.58. The van der Waals surface area contributed by atoms with Crippen molar-refractivity contribution in [3.05, 3.63) is 83.0 Å². The highest BCUT2D eigenvalue weighted by molar-refractivity contribution is 9.09. The number of rotatable bonds is 5. The molecule has 6 atom stereocenters. The first kappa shape index (κ1) is 34.5. The lowest BCUT2D eigenvalue weighted by Gasteiger charge is -2.50. The number of phenolic OH excluding ortho intramolecular Hbond substituents is 1. The maximum Gasteiger partial charge on any atom is 0.416 e. The van der Waals surface area contributed by atoms with Gasteiger partial charge in [0.1, 0.15) is 5.75 Å². The number of imide groups is 2. The Morgan fingerprint density at radius 1 is 0.958 bits per heavy atom. The molecule has 2 aliphatic carbocycles. The number of carbonyl (C=O) groups excluding carboxylic acids is 4. The van der Waals surface area contributed by atoms with Crippen LogP contribution in [-0.4, -0.2) is 48.8 Å². The van der Waals surface area contributed by atoms with Gasteiger partial charge in [0.2, 0.25) is 11.8 Å². The second kappa shape index (κ2) is 11.3. The van der Waals surface area contributed by atoms with E-state index >= 15 is 0 Å². The molecule has 4 aliphatic rings. The van der Waals surface area contributed by atoms with Gasteiger partial charge in [0.25, 0.3) is 11.8 Å². The van der Waals surface area contributed by atoms with Crippen molar-refractivity contribution >= 4 is 68.4 Å². The predicted molar refractivity (Wildman–Crippen MR) is 164 cm³/mol. The molecule has 0 bridgehead atoms. The van der Waals surface area contributed by atoms with Gasteiger partial charge < -0.3 is 5.11 Å². The molecule has 7 nitrogen and oxygen atoms in total. The number of halogens is 9. The van der Waals surface area contributed by atoms with Crippen molar-refractivity contribution in [1.29, 1.82) is 0 Å². The molecule has 2 aromatic rings. The van der Waals surface area contributed by atoms with Crippen LogP contribution < -0.4 is 4.90 Å². The highest BCUT2D eigenvalue weighted by Gasteiger charge is 2.76. The minimum absolute atomic E-state index is 0.0858. The topological polar surface area (TPSA) is 95.0 Å². The molecule has 2 aliphatic heterocycles. The molecule has 2 aromatic carbocycles. The van der Waals surface area contributed by atoms with E-state index in [4.69, 9.17) is 23.2 Å². The zero-order valence-corrected chi connectivity index (χ0v) is 27.4. The number of allylic oxidation sites excluding steroid dienone is 3. The van der Waals surface area contributed by atoms with Crippen LogP contribution in [0.15, 0.2) is 60.7 Å². The Balaban J connectivity index is 1.52. The van der Waals surface area contributed by atoms with Crippen molar-refractivity contribution in [1.82, 2.24) is 4.90 Å². The second-order valence-electron chi connectivity index (χ2n) is 12.1. The molecule has 0 aromatic heterocycles. The Morgan fingerprint density at radius 3 is 2.15 bits per heavy atom. The van der Waals surface area contributed by atoms with Crippen LogP contribution in [0, 0.1) is 17.8 Å². The van der Waals surface area contributed by atoms with Gasteiger partial charge in [-0.3, -0.25) is 24.1 Å². The van der Waals surface area contributed by atoms with Crippen LogP contribution in [0.25, 0.3) is 0 Å². The van der Waals surface area contributed by atoms with Gasteiger partial charge >= 0.3 is 12.4 Å². The fraction of sp³-hybridized carbons (Fsp3) is 0.375. The highest BCUT2D eigenvalue weighted by atomic mass is 79.9. The van der Waals surface area contributed by atoms with E-state index in [-0.39, 0.29) is 41.2 Å². The van der Waals surface area contributed by atoms with Crippen molar-refractivity contribution in [2.45, 2.75) is 47.3 Å². The van der Waals surface area contributed by atoms with E-state index in [1.807, 2.05) is 0 Å². The van der Waals surface area contributed by atoms with Crippen LogP contribution >= 0.6 is 39.1 Å². The van der Waals surface area contributed by atoms with E-state index < -0.39 is 92.6 Å². The summed E-state index contributed by atoms with van der Waals surface area (Å²) in [6, 6.07) is 5.10. The van der Waals surface area contributed by atoms with Crippen LogP contribution in [0.1, 0.15) is 41.0 Å². The summed E-state index contributed by atoms with van der Waals surface area (Å²) in [6.45, 7) is 3.67. The highest BCUT2D eigenvalue weighted by Crippen LogP contribution is 2.66. The summed E-state index contributed by atoms with van der Waals surface area (Å²) in [5.41, 5.74) is -3.92. The number of likely N-dealkylation sites (tertiary alicyclic amines) is 1. The Morgan fingerprint density at radius 2 is 1.58 bits per heavy atom. The Kier molecular flexibility index (Phi) is 8.15. The van der Waals surface area contributed by atoms with E-state index in [9.17, 15) is 50.6 Å². The molecule has 16 heteroatoms. The van der Waals surface area contributed by atoms with Crippen molar-refractivity contribution in [3.8, 4) is 5.75 Å². The number of hydrogen-bond acceptors (Lipinski definition) is 5. The van der Waals surface area contributed by atoms with Gasteiger partial charge in [0.05, 0.1) is 34.1 Å². The molecule has 0 unspecified atom stereocenters. The molecule has 0 spiro atoms. The molecular formula is C32H23BrCl2F6N2O5. The first-order valence-electron chi connectivity index (χ1n) is 14.4. The molecular weight excluding hydrogens is 757 g/mol. The van der Waals surface area contributed by atoms with E-state index in [0.717, 1.165) is 4.90 Å². The van der Waals surface area contributed by atoms with Crippen molar-refractivity contribution in [2.24, 2.45) is 17.8 Å². The molecule has 254 valence electrons. The number of phenols is 1. The largest absolute Gasteiger partial charge is 0.507 e. The summed E-state index contributed by atoms with van der Waals surface area (Å²) in [7, 11) is 0. The number of alkyl halides is 9. The zero-order valence-electron chi connectivity index (χ0n) is 24.3. The van der Waals surface area contributed by atoms with E-state index in [1.165, 1.54) is 18.2 Å². The molecule has 48 heavy (non-hydrogen) atoms. The third-order valence-electron chi connectivity index (χ3n) is 9.67. The standard InChI is InChI=1S/C32H23BrCl2F6N2O5/c1-2-4-14-5-3-6-20(24(14)44)23-18-7-8-19-22(21(18)12-29(34)27(47)42(13-33)28(48)30(23,29)35)26(46)43(25(19)45)17-10-15(31(36,37)38)9-16(11-17)32(39,40)41/h2-3,5-7,9-11,19,21-23,44H,1,4,8,12-13H2/t19-,21+,22-,23+,29+,30-/m0/s1. The molecule has 1 N–H and O–H groups in total. The number of nitrogens with zero attached hydrogens (tertiary/aromatic N) is 2. The van der Waals surface area contributed by atoms with Gasteiger partial charge in [-0.05, 0) is 48.9 Å². The average molecular weight is 780 g/mol. The zero-order chi connectivity index (χ0) is 35.3. The van der Waals surface area contributed by atoms with Gasteiger partial charge in [-0.25, -0.2) is 4.90 Å². The van der Waals surface area contributed by atoms with Gasteiger partial charge in [0.15, 0.2) is 9.75 Å². The van der Waals surface area contributed by atoms with Crippen LogP contribution in [0.5, 0.6) is 5.75 Å². The third-order valence-corrected chi connectivity index (χ3v) is 11.6. The van der Waals surface area contributed by atoms with Gasteiger partial charge in [-0.1, -0.05) is 51.9 Å². The normalized spacial score (nSPS) is 30.3. The summed E-state index contributed by atoms with van der Waals surface area (Å²) in [5.74, 6) is -9.38. The first-order valence-corrected chi connectivity index (χ1v) is 16.3. The lowest BCUT2D eigenvalue weighted by molar-refractivity contribution is -0.143. The summed E-state index contributed by atoms with van der Waals surface area (Å²) < 4.78 is 82.2. The minimum atomic E-state index is -5.24. The molecule has 1 saturated carbocycles. The summed E-state index contributed by atoms with van der Waals surface area (Å²) in [5, 5.41) is 11.4. The number of para-hydroxylation sites is 1. The molecule has 4 amide bonds. The van der Waals surface area contributed by atoms with Gasteiger partial charge in [-0.15, -0.1) is 29.8 Å². The molecule has 2 saturated heterocycles. The van der Waals surface area contributed by atoms with Crippen LogP contribution in [0.4, 0.5) is 32.0 Å². The number of benzene rings is 2. The summed E-state index contributed by atoms with van der Waals surface area (Å²) in [4.78, 5) is 52.2. The molecule has 6 rings (SSSR count). The second-order valence-corrected chi connectivity index (χ2v) is 13.9. The van der Waals surface area contributed by atoms with Crippen LogP contribution in [-0.2, 0) is 38.0 Å². The number of hydrogen-bond donors (Lipinski definition) is 1. The van der Waals surface area contributed by atoms with Gasteiger partial charge in [0, 0.05) is 11.5 Å². The average Bonchev–Trinajstić information content (AvgIpc) is 3.35. The molecule has 2 heterocycles. The lowest BCUT2D eigenvalue weighted by atomic mass is 9.56. The predicted octanol–water partition coefficient (Wildman–Crippen LogP) is 7.07. The number of amides is 4. The number of carbonyl (C=O) groups is 4. The smallest absolute Gasteiger partial charge is 0.416 e. The van der Waals surface area contributed by atoms with Crippen LogP contribution in [0.2, 0.25) is 0 Å². The van der Waals surface area contributed by atoms with E-state index in [2.05, 4.69) is 22.5 Å². The van der Waals surface area contributed by atoms with Crippen molar-refractivity contribution in [3.63, 3.8) is 0 Å². The van der Waals surface area contributed by atoms with E-state index in [0.29, 0.717) is 22.6 Å². The Bertz CT molecular complexity index is 1800. The number of aromatic hydroxyl groups is 1. The fourth-order valence-corrected chi connectivity index (χ4v) is 9.00. The number of fused-ring (bicyclic) bond motifs is 4.